The third-order valence-electron chi connectivity index (χ3n) is 5.83. The van der Waals surface area contributed by atoms with Crippen molar-refractivity contribution in [2.45, 2.75) is 32.4 Å². The molecule has 0 spiro atoms. The molecule has 3 heterocycles. The van der Waals surface area contributed by atoms with Gasteiger partial charge in [-0.1, -0.05) is 18.2 Å². The highest BCUT2D eigenvalue weighted by Crippen LogP contribution is 2.32. The van der Waals surface area contributed by atoms with Crippen molar-refractivity contribution in [1.82, 2.24) is 24.6 Å². The molecule has 5 rings (SSSR count). The van der Waals surface area contributed by atoms with Gasteiger partial charge in [-0.05, 0) is 49.2 Å². The van der Waals surface area contributed by atoms with Crippen molar-refractivity contribution < 1.29 is 9.53 Å². The molecule has 1 saturated heterocycles. The lowest BCUT2D eigenvalue weighted by atomic mass is 10.1. The van der Waals surface area contributed by atoms with E-state index in [0.29, 0.717) is 18.0 Å². The molecule has 1 atom stereocenters. The predicted octanol–water partition coefficient (Wildman–Crippen LogP) is 3.88. The summed E-state index contributed by atoms with van der Waals surface area (Å²) in [5.41, 5.74) is 8.52. The van der Waals surface area contributed by atoms with Crippen LogP contribution >= 0.6 is 0 Å². The highest BCUT2D eigenvalue weighted by molar-refractivity contribution is 5.98. The van der Waals surface area contributed by atoms with Crippen molar-refractivity contribution in [3.8, 4) is 22.8 Å². The van der Waals surface area contributed by atoms with Gasteiger partial charge in [0.2, 0.25) is 5.91 Å². The van der Waals surface area contributed by atoms with Crippen molar-refractivity contribution in [2.75, 3.05) is 12.3 Å². The number of rotatable bonds is 5. The molecule has 8 heteroatoms. The van der Waals surface area contributed by atoms with Gasteiger partial charge in [0.1, 0.15) is 29.3 Å². The van der Waals surface area contributed by atoms with E-state index in [1.807, 2.05) is 64.2 Å². The minimum atomic E-state index is 0.0901. The Morgan fingerprint density at radius 3 is 2.59 bits per heavy atom. The molecule has 1 fully saturated rings. The summed E-state index contributed by atoms with van der Waals surface area (Å²) >= 11 is 0. The summed E-state index contributed by atoms with van der Waals surface area (Å²) < 4.78 is 7.75. The summed E-state index contributed by atoms with van der Waals surface area (Å²) in [5.74, 6) is 1.98. The van der Waals surface area contributed by atoms with Gasteiger partial charge in [0.05, 0.1) is 18.0 Å². The van der Waals surface area contributed by atoms with E-state index in [2.05, 4.69) is 9.97 Å². The van der Waals surface area contributed by atoms with E-state index in [1.165, 1.54) is 6.33 Å². The second-order valence-electron chi connectivity index (χ2n) is 7.94. The molecule has 0 saturated carbocycles. The number of hydrogen-bond donors (Lipinski definition) is 1. The fraction of sp³-hybridized carbons (Fsp3) is 0.250. The lowest BCUT2D eigenvalue weighted by molar-refractivity contribution is -0.129. The highest BCUT2D eigenvalue weighted by atomic mass is 16.5. The van der Waals surface area contributed by atoms with Crippen molar-refractivity contribution in [3.05, 3.63) is 60.9 Å². The van der Waals surface area contributed by atoms with Crippen LogP contribution in [-0.2, 0) is 11.3 Å². The molecular formula is C24H24N6O2. The van der Waals surface area contributed by atoms with E-state index in [4.69, 9.17) is 15.6 Å². The van der Waals surface area contributed by atoms with Crippen LogP contribution in [0, 0.1) is 0 Å². The summed E-state index contributed by atoms with van der Waals surface area (Å²) in [7, 11) is 0. The Kier molecular flexibility index (Phi) is 5.18. The van der Waals surface area contributed by atoms with E-state index >= 15 is 0 Å². The zero-order valence-electron chi connectivity index (χ0n) is 17.8. The summed E-state index contributed by atoms with van der Waals surface area (Å²) in [6, 6.07) is 17.5. The summed E-state index contributed by atoms with van der Waals surface area (Å²) in [6.07, 6.45) is 3.40. The number of para-hydroxylation sites is 1. The zero-order chi connectivity index (χ0) is 22.1. The van der Waals surface area contributed by atoms with E-state index in [-0.39, 0.29) is 11.9 Å². The first-order valence-corrected chi connectivity index (χ1v) is 10.7. The first-order valence-electron chi connectivity index (χ1n) is 10.7. The molecule has 162 valence electrons. The highest BCUT2D eigenvalue weighted by Gasteiger charge is 2.28. The van der Waals surface area contributed by atoms with Gasteiger partial charge in [0.25, 0.3) is 0 Å². The number of nitrogens with two attached hydrogens (primary N) is 1. The third kappa shape index (κ3) is 3.75. The number of likely N-dealkylation sites (tertiary alicyclic amines) is 1. The quantitative estimate of drug-likeness (QED) is 0.518. The number of carbonyl (C=O) groups is 1. The van der Waals surface area contributed by atoms with E-state index in [9.17, 15) is 4.79 Å². The van der Waals surface area contributed by atoms with Crippen LogP contribution in [0.2, 0.25) is 0 Å². The topological polar surface area (TPSA) is 99.2 Å². The summed E-state index contributed by atoms with van der Waals surface area (Å²) in [5, 5.41) is 5.57. The molecule has 0 bridgehead atoms. The number of anilines is 1. The molecule has 0 radical (unpaired) electrons. The van der Waals surface area contributed by atoms with Crippen molar-refractivity contribution in [3.63, 3.8) is 0 Å². The second-order valence-corrected chi connectivity index (χ2v) is 7.94. The standard InChI is InChI=1S/C24H24N6O2/c1-16(31)29-13-5-6-18(29)14-30-24-21(23(25)26-15-27-24)22(28-30)17-9-11-20(12-10-17)32-19-7-3-2-4-8-19/h2-4,7-12,15,18H,5-6,13-14H2,1H3,(H2,25,26,27)/t18-/m1/s1. The van der Waals surface area contributed by atoms with Crippen LogP contribution in [0.5, 0.6) is 11.5 Å². The van der Waals surface area contributed by atoms with E-state index < -0.39 is 0 Å². The van der Waals surface area contributed by atoms with Crippen LogP contribution in [0.3, 0.4) is 0 Å². The lowest BCUT2D eigenvalue weighted by Crippen LogP contribution is -2.36. The number of nitrogens with zero attached hydrogens (tertiary/aromatic N) is 5. The van der Waals surface area contributed by atoms with Crippen LogP contribution in [-0.4, -0.2) is 43.1 Å². The Labute approximate surface area is 185 Å². The van der Waals surface area contributed by atoms with Gasteiger partial charge in [-0.2, -0.15) is 5.10 Å². The Morgan fingerprint density at radius 1 is 1.09 bits per heavy atom. The molecule has 4 aromatic rings. The maximum Gasteiger partial charge on any atom is 0.219 e. The number of amides is 1. The molecule has 2 N–H and O–H groups in total. The van der Waals surface area contributed by atoms with Gasteiger partial charge >= 0.3 is 0 Å². The van der Waals surface area contributed by atoms with Crippen LogP contribution in [0.15, 0.2) is 60.9 Å². The number of aromatic nitrogens is 4. The minimum absolute atomic E-state index is 0.0901. The molecular weight excluding hydrogens is 404 g/mol. The molecule has 2 aromatic carbocycles. The average molecular weight is 428 g/mol. The van der Waals surface area contributed by atoms with Crippen molar-refractivity contribution in [2.24, 2.45) is 0 Å². The van der Waals surface area contributed by atoms with Gasteiger partial charge < -0.3 is 15.4 Å². The molecule has 1 aliphatic heterocycles. The number of benzene rings is 2. The maximum absolute atomic E-state index is 12.0. The Balaban J connectivity index is 1.48. The van der Waals surface area contributed by atoms with Gasteiger partial charge in [-0.15, -0.1) is 0 Å². The third-order valence-corrected chi connectivity index (χ3v) is 5.83. The van der Waals surface area contributed by atoms with Crippen molar-refractivity contribution in [1.29, 1.82) is 0 Å². The fourth-order valence-corrected chi connectivity index (χ4v) is 4.30. The molecule has 2 aromatic heterocycles. The second kappa shape index (κ2) is 8.30. The predicted molar refractivity (Wildman–Crippen MR) is 122 cm³/mol. The molecule has 32 heavy (non-hydrogen) atoms. The van der Waals surface area contributed by atoms with Crippen LogP contribution in [0.25, 0.3) is 22.3 Å². The molecule has 1 amide bonds. The SMILES string of the molecule is CC(=O)N1CCC[C@@H]1Cn1nc(-c2ccc(Oc3ccccc3)cc2)c2c(N)ncnc21. The largest absolute Gasteiger partial charge is 0.457 e. The number of carbonyl (C=O) groups excluding carboxylic acids is 1. The average Bonchev–Trinajstić information content (AvgIpc) is 3.41. The Hall–Kier alpha value is -3.94. The Morgan fingerprint density at radius 2 is 1.84 bits per heavy atom. The van der Waals surface area contributed by atoms with Gasteiger partial charge in [0, 0.05) is 19.0 Å². The van der Waals surface area contributed by atoms with Gasteiger partial charge in [-0.3, -0.25) is 4.79 Å². The number of hydrogen-bond acceptors (Lipinski definition) is 6. The lowest BCUT2D eigenvalue weighted by Gasteiger charge is -2.23. The molecule has 1 aliphatic rings. The maximum atomic E-state index is 12.0. The first-order chi connectivity index (χ1) is 15.6. The van der Waals surface area contributed by atoms with Crippen LogP contribution in [0.4, 0.5) is 5.82 Å². The van der Waals surface area contributed by atoms with Gasteiger partial charge in [0.15, 0.2) is 5.65 Å². The molecule has 0 unspecified atom stereocenters. The monoisotopic (exact) mass is 428 g/mol. The number of ether oxygens (including phenoxy) is 1. The van der Waals surface area contributed by atoms with Gasteiger partial charge in [-0.25, -0.2) is 14.6 Å². The molecule has 0 aliphatic carbocycles. The number of nitrogen functional groups attached to an aromatic ring is 1. The Bertz CT molecular complexity index is 1250. The van der Waals surface area contributed by atoms with Crippen LogP contribution in [0.1, 0.15) is 19.8 Å². The number of fused-ring (bicyclic) bond motifs is 1. The summed E-state index contributed by atoms with van der Waals surface area (Å²) in [6.45, 7) is 2.97. The zero-order valence-corrected chi connectivity index (χ0v) is 17.8. The fourth-order valence-electron chi connectivity index (χ4n) is 4.30. The van der Waals surface area contributed by atoms with E-state index in [1.54, 1.807) is 6.92 Å². The smallest absolute Gasteiger partial charge is 0.219 e. The van der Waals surface area contributed by atoms with Crippen molar-refractivity contribution >= 4 is 22.8 Å². The normalized spacial score (nSPS) is 15.9. The first kappa shape index (κ1) is 20.0. The van der Waals surface area contributed by atoms with E-state index in [0.717, 1.165) is 47.5 Å². The minimum Gasteiger partial charge on any atom is -0.457 e. The molecule has 8 nitrogen and oxygen atoms in total. The van der Waals surface area contributed by atoms with Crippen LogP contribution < -0.4 is 10.5 Å². The summed E-state index contributed by atoms with van der Waals surface area (Å²) in [4.78, 5) is 22.5.